The fraction of sp³-hybridized carbons (Fsp3) is 0.304. The first-order valence-electron chi connectivity index (χ1n) is 10.3. The molecule has 0 aliphatic carbocycles. The number of amides is 1. The molecular weight excluding hydrogens is 428 g/mol. The van der Waals surface area contributed by atoms with Crippen LogP contribution in [0.1, 0.15) is 18.9 Å². The monoisotopic (exact) mass is 454 g/mol. The number of non-ortho nitro benzene ring substituents is 1. The van der Waals surface area contributed by atoms with Gasteiger partial charge in [-0.1, -0.05) is 29.5 Å². The Morgan fingerprint density at radius 1 is 1.22 bits per heavy atom. The lowest BCUT2D eigenvalue weighted by atomic mass is 10.2. The second-order valence-electron chi connectivity index (χ2n) is 7.36. The molecule has 3 aromatic rings. The molecule has 0 aliphatic heterocycles. The largest absolute Gasteiger partial charge is 0.492 e. The molecule has 0 unspecified atom stereocenters. The molecule has 0 aliphatic rings. The van der Waals surface area contributed by atoms with Gasteiger partial charge in [0.25, 0.3) is 11.6 Å². The van der Waals surface area contributed by atoms with Gasteiger partial charge >= 0.3 is 0 Å². The van der Waals surface area contributed by atoms with E-state index in [2.05, 4.69) is 4.90 Å². The van der Waals surface area contributed by atoms with Gasteiger partial charge in [0.2, 0.25) is 0 Å². The number of aromatic nitrogens is 1. The number of carbonyl (C=O) groups is 1. The number of nitrogens with zero attached hydrogens (tertiary/aromatic N) is 4. The van der Waals surface area contributed by atoms with E-state index in [1.807, 2.05) is 39.2 Å². The molecule has 2 aromatic carbocycles. The summed E-state index contributed by atoms with van der Waals surface area (Å²) in [4.78, 5) is 32.1. The first-order chi connectivity index (χ1) is 15.4. The third-order valence-corrected chi connectivity index (χ3v) is 5.70. The molecule has 1 amide bonds. The smallest absolute Gasteiger partial charge is 0.270 e. The number of para-hydroxylation sites is 1. The summed E-state index contributed by atoms with van der Waals surface area (Å²) < 4.78 is 6.63. The van der Waals surface area contributed by atoms with Gasteiger partial charge in [0.15, 0.2) is 5.13 Å². The van der Waals surface area contributed by atoms with E-state index in [0.29, 0.717) is 29.6 Å². The zero-order valence-corrected chi connectivity index (χ0v) is 19.2. The van der Waals surface area contributed by atoms with Crippen LogP contribution in [-0.4, -0.2) is 54.5 Å². The van der Waals surface area contributed by atoms with Crippen LogP contribution in [-0.2, 0) is 4.79 Å². The van der Waals surface area contributed by atoms with Gasteiger partial charge < -0.3 is 9.64 Å². The summed E-state index contributed by atoms with van der Waals surface area (Å²) in [5.41, 5.74) is 1.31. The average molecular weight is 455 g/mol. The lowest BCUT2D eigenvalue weighted by Gasteiger charge is -2.19. The van der Waals surface area contributed by atoms with E-state index in [-0.39, 0.29) is 11.6 Å². The second-order valence-corrected chi connectivity index (χ2v) is 8.37. The standard InChI is InChI=1S/C23H26N4O4S/c1-4-31-19-10-6-11-20-22(19)24-23(32-20)26(15-7-14-25(2)3)21(28)13-12-17-8-5-9-18(16-17)27(29)30/h5-6,8-13,16H,4,7,14-15H2,1-3H3. The summed E-state index contributed by atoms with van der Waals surface area (Å²) in [5.74, 6) is 0.465. The molecule has 168 valence electrons. The topological polar surface area (TPSA) is 88.8 Å². The maximum Gasteiger partial charge on any atom is 0.270 e. The first-order valence-corrected chi connectivity index (χ1v) is 11.1. The maximum absolute atomic E-state index is 13.1. The Kier molecular flexibility index (Phi) is 7.91. The van der Waals surface area contributed by atoms with Crippen LogP contribution in [0.25, 0.3) is 16.3 Å². The van der Waals surface area contributed by atoms with Crippen LogP contribution in [0.4, 0.5) is 10.8 Å². The van der Waals surface area contributed by atoms with Crippen molar-refractivity contribution in [3.05, 3.63) is 64.2 Å². The molecule has 0 saturated heterocycles. The number of thiazole rings is 1. The minimum atomic E-state index is -0.455. The normalized spacial score (nSPS) is 11.4. The Bertz CT molecular complexity index is 1130. The number of benzene rings is 2. The Hall–Kier alpha value is -3.30. The molecule has 1 heterocycles. The zero-order valence-electron chi connectivity index (χ0n) is 18.4. The highest BCUT2D eigenvalue weighted by Gasteiger charge is 2.19. The predicted molar refractivity (Wildman–Crippen MR) is 128 cm³/mol. The van der Waals surface area contributed by atoms with Crippen molar-refractivity contribution < 1.29 is 14.5 Å². The summed E-state index contributed by atoms with van der Waals surface area (Å²) >= 11 is 1.44. The molecule has 8 nitrogen and oxygen atoms in total. The van der Waals surface area contributed by atoms with Crippen molar-refractivity contribution in [1.82, 2.24) is 9.88 Å². The molecule has 1 aromatic heterocycles. The molecular formula is C23H26N4O4S. The summed E-state index contributed by atoms with van der Waals surface area (Å²) in [6, 6.07) is 11.9. The van der Waals surface area contributed by atoms with Crippen molar-refractivity contribution in [1.29, 1.82) is 0 Å². The van der Waals surface area contributed by atoms with Gasteiger partial charge in [0, 0.05) is 24.8 Å². The van der Waals surface area contributed by atoms with Crippen LogP contribution in [0.2, 0.25) is 0 Å². The van der Waals surface area contributed by atoms with Crippen molar-refractivity contribution in [3.8, 4) is 5.75 Å². The molecule has 0 saturated carbocycles. The minimum absolute atomic E-state index is 0.0166. The number of anilines is 1. The molecule has 0 atom stereocenters. The number of carbonyl (C=O) groups excluding carboxylic acids is 1. The predicted octanol–water partition coefficient (Wildman–Crippen LogP) is 4.60. The SMILES string of the molecule is CCOc1cccc2sc(N(CCCN(C)C)C(=O)C=Cc3cccc([N+](=O)[O-])c3)nc12. The van der Waals surface area contributed by atoms with Gasteiger partial charge in [-0.3, -0.25) is 19.8 Å². The van der Waals surface area contributed by atoms with Crippen LogP contribution in [0.5, 0.6) is 5.75 Å². The van der Waals surface area contributed by atoms with Crippen molar-refractivity contribution in [2.45, 2.75) is 13.3 Å². The first kappa shape index (κ1) is 23.4. The molecule has 0 bridgehead atoms. The molecule has 32 heavy (non-hydrogen) atoms. The van der Waals surface area contributed by atoms with E-state index in [0.717, 1.165) is 23.2 Å². The van der Waals surface area contributed by atoms with Crippen LogP contribution in [0, 0.1) is 10.1 Å². The van der Waals surface area contributed by atoms with E-state index < -0.39 is 4.92 Å². The highest BCUT2D eigenvalue weighted by Crippen LogP contribution is 2.34. The van der Waals surface area contributed by atoms with Crippen molar-refractivity contribution in [2.75, 3.05) is 38.7 Å². The van der Waals surface area contributed by atoms with E-state index in [9.17, 15) is 14.9 Å². The van der Waals surface area contributed by atoms with E-state index in [4.69, 9.17) is 9.72 Å². The molecule has 9 heteroatoms. The summed E-state index contributed by atoms with van der Waals surface area (Å²) in [6.45, 7) is 3.78. The Balaban J connectivity index is 1.89. The minimum Gasteiger partial charge on any atom is -0.492 e. The highest BCUT2D eigenvalue weighted by atomic mass is 32.1. The summed E-state index contributed by atoms with van der Waals surface area (Å²) in [5, 5.41) is 11.6. The molecule has 0 N–H and O–H groups in total. The van der Waals surface area contributed by atoms with Crippen LogP contribution in [0.3, 0.4) is 0 Å². The van der Waals surface area contributed by atoms with Gasteiger partial charge in [0.1, 0.15) is 11.3 Å². The van der Waals surface area contributed by atoms with E-state index in [1.165, 1.54) is 29.5 Å². The highest BCUT2D eigenvalue weighted by molar-refractivity contribution is 7.22. The number of fused-ring (bicyclic) bond motifs is 1. The van der Waals surface area contributed by atoms with E-state index in [1.54, 1.807) is 23.1 Å². The fourth-order valence-electron chi connectivity index (χ4n) is 3.14. The van der Waals surface area contributed by atoms with Crippen molar-refractivity contribution >= 4 is 44.4 Å². The number of hydrogen-bond acceptors (Lipinski definition) is 7. The lowest BCUT2D eigenvalue weighted by molar-refractivity contribution is -0.384. The van der Waals surface area contributed by atoms with Gasteiger partial charge in [-0.15, -0.1) is 0 Å². The van der Waals surface area contributed by atoms with Crippen LogP contribution >= 0.6 is 11.3 Å². The molecule has 0 radical (unpaired) electrons. The average Bonchev–Trinajstić information content (AvgIpc) is 3.20. The molecule has 3 rings (SSSR count). The molecule has 0 spiro atoms. The van der Waals surface area contributed by atoms with Gasteiger partial charge in [-0.2, -0.15) is 0 Å². The Morgan fingerprint density at radius 2 is 2.00 bits per heavy atom. The Morgan fingerprint density at radius 3 is 2.72 bits per heavy atom. The Labute approximate surface area is 190 Å². The second kappa shape index (κ2) is 10.8. The van der Waals surface area contributed by atoms with Crippen LogP contribution in [0.15, 0.2) is 48.5 Å². The number of nitro groups is 1. The fourth-order valence-corrected chi connectivity index (χ4v) is 4.16. The number of ether oxygens (including phenoxy) is 1. The van der Waals surface area contributed by atoms with Gasteiger partial charge in [0.05, 0.1) is 16.2 Å². The summed E-state index contributed by atoms with van der Waals surface area (Å²) in [6.07, 6.45) is 3.80. The molecule has 0 fully saturated rings. The third kappa shape index (κ3) is 5.89. The number of nitro benzene ring substituents is 1. The zero-order chi connectivity index (χ0) is 23.1. The maximum atomic E-state index is 13.1. The van der Waals surface area contributed by atoms with E-state index >= 15 is 0 Å². The number of rotatable bonds is 10. The number of hydrogen-bond donors (Lipinski definition) is 0. The van der Waals surface area contributed by atoms with Crippen molar-refractivity contribution in [2.24, 2.45) is 0 Å². The van der Waals surface area contributed by atoms with Crippen LogP contribution < -0.4 is 9.64 Å². The van der Waals surface area contributed by atoms with Gasteiger partial charge in [-0.25, -0.2) is 4.98 Å². The summed E-state index contributed by atoms with van der Waals surface area (Å²) in [7, 11) is 3.97. The third-order valence-electron chi connectivity index (χ3n) is 4.65. The van der Waals surface area contributed by atoms with Crippen molar-refractivity contribution in [3.63, 3.8) is 0 Å². The van der Waals surface area contributed by atoms with Gasteiger partial charge in [-0.05, 0) is 57.8 Å². The quantitative estimate of drug-likeness (QED) is 0.253. The lowest BCUT2D eigenvalue weighted by Crippen LogP contribution is -2.32.